The van der Waals surface area contributed by atoms with Crippen molar-refractivity contribution < 1.29 is 0 Å². The zero-order valence-corrected chi connectivity index (χ0v) is 11.7. The van der Waals surface area contributed by atoms with E-state index in [-0.39, 0.29) is 0 Å². The molecule has 0 aliphatic heterocycles. The molecule has 0 aliphatic carbocycles. The molecule has 0 aromatic heterocycles. The first-order valence-corrected chi connectivity index (χ1v) is 7.01. The van der Waals surface area contributed by atoms with Crippen LogP contribution in [0.25, 0.3) is 0 Å². The molecule has 17 heavy (non-hydrogen) atoms. The van der Waals surface area contributed by atoms with Crippen LogP contribution in [0.5, 0.6) is 0 Å². The Hall–Kier alpha value is -1.04. The molecule has 1 aromatic rings. The molecule has 0 radical (unpaired) electrons. The Morgan fingerprint density at radius 1 is 1.00 bits per heavy atom. The van der Waals surface area contributed by atoms with Crippen LogP contribution in [0.15, 0.2) is 24.8 Å². The molecule has 0 heteroatoms. The second kappa shape index (κ2) is 7.32. The summed E-state index contributed by atoms with van der Waals surface area (Å²) in [7, 11) is 0. The van der Waals surface area contributed by atoms with E-state index in [1.54, 1.807) is 16.7 Å². The summed E-state index contributed by atoms with van der Waals surface area (Å²) >= 11 is 0. The molecule has 0 amide bonds. The van der Waals surface area contributed by atoms with Gasteiger partial charge in [0.25, 0.3) is 0 Å². The van der Waals surface area contributed by atoms with Gasteiger partial charge >= 0.3 is 0 Å². The summed E-state index contributed by atoms with van der Waals surface area (Å²) in [5, 5.41) is 0. The van der Waals surface area contributed by atoms with E-state index < -0.39 is 0 Å². The first-order chi connectivity index (χ1) is 8.26. The minimum absolute atomic E-state index is 1.13. The van der Waals surface area contributed by atoms with Crippen LogP contribution in [0.4, 0.5) is 0 Å². The minimum atomic E-state index is 1.13. The topological polar surface area (TPSA) is 0 Å². The molecule has 0 N–H and O–H groups in total. The Kier molecular flexibility index (Phi) is 6.04. The van der Waals surface area contributed by atoms with Crippen molar-refractivity contribution in [2.24, 2.45) is 0 Å². The standard InChI is InChI=1S/C17H26/c1-5-9-10-11-17-15(7-3)12-14(6-2)13-16(17)8-4/h5,12-13H,1,6-11H2,2-4H3. The average Bonchev–Trinajstić information content (AvgIpc) is 2.38. The molecule has 1 aromatic carbocycles. The van der Waals surface area contributed by atoms with Crippen LogP contribution in [-0.4, -0.2) is 0 Å². The number of allylic oxidation sites excluding steroid dienone is 1. The van der Waals surface area contributed by atoms with Gasteiger partial charge in [-0.25, -0.2) is 0 Å². The van der Waals surface area contributed by atoms with Crippen molar-refractivity contribution >= 4 is 0 Å². The van der Waals surface area contributed by atoms with Crippen LogP contribution >= 0.6 is 0 Å². The van der Waals surface area contributed by atoms with Crippen LogP contribution in [0.3, 0.4) is 0 Å². The molecular weight excluding hydrogens is 204 g/mol. The van der Waals surface area contributed by atoms with E-state index >= 15 is 0 Å². The molecule has 0 unspecified atom stereocenters. The fourth-order valence-corrected chi connectivity index (χ4v) is 2.45. The number of rotatable bonds is 7. The maximum atomic E-state index is 3.80. The first kappa shape index (κ1) is 14.0. The lowest BCUT2D eigenvalue weighted by Crippen LogP contribution is -2.01. The number of hydrogen-bond donors (Lipinski definition) is 0. The molecule has 0 bridgehead atoms. The maximum absolute atomic E-state index is 3.80. The molecule has 0 fully saturated rings. The fraction of sp³-hybridized carbons (Fsp3) is 0.529. The van der Waals surface area contributed by atoms with Crippen molar-refractivity contribution in [3.8, 4) is 0 Å². The van der Waals surface area contributed by atoms with Crippen LogP contribution in [-0.2, 0) is 25.7 Å². The largest absolute Gasteiger partial charge is 0.103 e. The third-order valence-electron chi connectivity index (χ3n) is 3.50. The summed E-state index contributed by atoms with van der Waals surface area (Å²) in [6.45, 7) is 10.6. The van der Waals surface area contributed by atoms with E-state index in [1.807, 2.05) is 6.08 Å². The van der Waals surface area contributed by atoms with E-state index in [0.29, 0.717) is 0 Å². The van der Waals surface area contributed by atoms with E-state index in [4.69, 9.17) is 0 Å². The first-order valence-electron chi connectivity index (χ1n) is 7.01. The van der Waals surface area contributed by atoms with Gasteiger partial charge in [-0.3, -0.25) is 0 Å². The van der Waals surface area contributed by atoms with E-state index in [2.05, 4.69) is 39.5 Å². The zero-order chi connectivity index (χ0) is 12.7. The SMILES string of the molecule is C=CCCCc1c(CC)cc(CC)cc1CC. The summed E-state index contributed by atoms with van der Waals surface area (Å²) in [4.78, 5) is 0. The van der Waals surface area contributed by atoms with Crippen molar-refractivity contribution in [3.63, 3.8) is 0 Å². The van der Waals surface area contributed by atoms with Gasteiger partial charge in [-0.05, 0) is 60.8 Å². The molecule has 1 rings (SSSR count). The number of unbranched alkanes of at least 4 members (excludes halogenated alkanes) is 1. The van der Waals surface area contributed by atoms with Crippen LogP contribution in [0.2, 0.25) is 0 Å². The quantitative estimate of drug-likeness (QED) is 0.462. The second-order valence-electron chi connectivity index (χ2n) is 4.63. The predicted molar refractivity (Wildman–Crippen MR) is 77.7 cm³/mol. The van der Waals surface area contributed by atoms with Crippen molar-refractivity contribution in [2.45, 2.75) is 59.3 Å². The molecule has 0 spiro atoms. The zero-order valence-electron chi connectivity index (χ0n) is 11.7. The Labute approximate surface area is 107 Å². The highest BCUT2D eigenvalue weighted by Gasteiger charge is 2.07. The highest BCUT2D eigenvalue weighted by atomic mass is 14.1. The summed E-state index contributed by atoms with van der Waals surface area (Å²) in [5.41, 5.74) is 6.22. The summed E-state index contributed by atoms with van der Waals surface area (Å²) in [6, 6.07) is 4.81. The van der Waals surface area contributed by atoms with E-state index in [1.165, 1.54) is 18.4 Å². The number of benzene rings is 1. The van der Waals surface area contributed by atoms with Crippen molar-refractivity contribution in [2.75, 3.05) is 0 Å². The molecule has 0 nitrogen and oxygen atoms in total. The van der Waals surface area contributed by atoms with Gasteiger partial charge < -0.3 is 0 Å². The minimum Gasteiger partial charge on any atom is -0.103 e. The fourth-order valence-electron chi connectivity index (χ4n) is 2.45. The Morgan fingerprint density at radius 2 is 1.59 bits per heavy atom. The Morgan fingerprint density at radius 3 is 2.00 bits per heavy atom. The second-order valence-corrected chi connectivity index (χ2v) is 4.63. The van der Waals surface area contributed by atoms with Gasteiger partial charge in [0.05, 0.1) is 0 Å². The molecule has 0 saturated carbocycles. The van der Waals surface area contributed by atoms with Gasteiger partial charge in [0.15, 0.2) is 0 Å². The van der Waals surface area contributed by atoms with Crippen molar-refractivity contribution in [1.82, 2.24) is 0 Å². The summed E-state index contributed by atoms with van der Waals surface area (Å²) < 4.78 is 0. The lowest BCUT2D eigenvalue weighted by atomic mass is 9.90. The summed E-state index contributed by atoms with van der Waals surface area (Å²) in [6.07, 6.45) is 9.05. The molecule has 0 aliphatic rings. The third kappa shape index (κ3) is 3.73. The van der Waals surface area contributed by atoms with Gasteiger partial charge in [-0.1, -0.05) is 39.0 Å². The lowest BCUT2D eigenvalue weighted by molar-refractivity contribution is 0.816. The van der Waals surface area contributed by atoms with E-state index in [9.17, 15) is 0 Å². The molecule has 0 atom stereocenters. The molecule has 0 saturated heterocycles. The predicted octanol–water partition coefficient (Wildman–Crippen LogP) is 4.88. The number of aryl methyl sites for hydroxylation is 3. The smallest absolute Gasteiger partial charge is 0.0270 e. The van der Waals surface area contributed by atoms with Crippen LogP contribution < -0.4 is 0 Å². The van der Waals surface area contributed by atoms with Gasteiger partial charge in [0.2, 0.25) is 0 Å². The van der Waals surface area contributed by atoms with Crippen molar-refractivity contribution in [3.05, 3.63) is 47.0 Å². The number of hydrogen-bond acceptors (Lipinski definition) is 0. The third-order valence-corrected chi connectivity index (χ3v) is 3.50. The summed E-state index contributed by atoms with van der Waals surface area (Å²) in [5.74, 6) is 0. The average molecular weight is 230 g/mol. The lowest BCUT2D eigenvalue weighted by Gasteiger charge is -2.15. The van der Waals surface area contributed by atoms with Crippen molar-refractivity contribution in [1.29, 1.82) is 0 Å². The molecule has 0 heterocycles. The van der Waals surface area contributed by atoms with Crippen LogP contribution in [0, 0.1) is 0 Å². The Balaban J connectivity index is 3.01. The highest BCUT2D eigenvalue weighted by molar-refractivity contribution is 5.39. The van der Waals surface area contributed by atoms with Gasteiger partial charge in [-0.15, -0.1) is 6.58 Å². The highest BCUT2D eigenvalue weighted by Crippen LogP contribution is 2.22. The maximum Gasteiger partial charge on any atom is -0.0270 e. The van der Waals surface area contributed by atoms with Gasteiger partial charge in [0.1, 0.15) is 0 Å². The van der Waals surface area contributed by atoms with Crippen LogP contribution in [0.1, 0.15) is 55.9 Å². The van der Waals surface area contributed by atoms with Gasteiger partial charge in [0, 0.05) is 0 Å². The van der Waals surface area contributed by atoms with E-state index in [0.717, 1.165) is 25.7 Å². The van der Waals surface area contributed by atoms with Gasteiger partial charge in [-0.2, -0.15) is 0 Å². The monoisotopic (exact) mass is 230 g/mol. The normalized spacial score (nSPS) is 10.5. The Bertz CT molecular complexity index is 335. The molecule has 94 valence electrons. The molecular formula is C17H26.